The molecule has 1 unspecified atom stereocenters. The molecule has 3 rings (SSSR count). The van der Waals surface area contributed by atoms with Crippen molar-refractivity contribution in [3.05, 3.63) is 59.9 Å². The summed E-state index contributed by atoms with van der Waals surface area (Å²) in [6.45, 7) is 0.604. The number of pyridine rings is 1. The van der Waals surface area contributed by atoms with Gasteiger partial charge < -0.3 is 15.3 Å². The lowest BCUT2D eigenvalue weighted by atomic mass is 10.1. The summed E-state index contributed by atoms with van der Waals surface area (Å²) in [6.07, 6.45) is 5.78. The number of rotatable bonds is 5. The van der Waals surface area contributed by atoms with E-state index in [0.29, 0.717) is 18.7 Å². The van der Waals surface area contributed by atoms with Crippen molar-refractivity contribution in [1.82, 2.24) is 9.88 Å². The Morgan fingerprint density at radius 3 is 2.96 bits per heavy atom. The molecule has 5 nitrogen and oxygen atoms in total. The van der Waals surface area contributed by atoms with Crippen LogP contribution in [-0.2, 0) is 6.42 Å². The minimum Gasteiger partial charge on any atom is -0.396 e. The van der Waals surface area contributed by atoms with Crippen LogP contribution in [0.2, 0.25) is 0 Å². The third-order valence-corrected chi connectivity index (χ3v) is 4.21. The first-order chi connectivity index (χ1) is 11.3. The van der Waals surface area contributed by atoms with Crippen LogP contribution >= 0.6 is 0 Å². The number of hydrogen-bond donors (Lipinski definition) is 2. The van der Waals surface area contributed by atoms with Crippen molar-refractivity contribution in [3.63, 3.8) is 0 Å². The zero-order valence-electron chi connectivity index (χ0n) is 13.0. The lowest BCUT2D eigenvalue weighted by molar-refractivity contribution is 0.177. The average molecular weight is 311 g/mol. The van der Waals surface area contributed by atoms with Crippen LogP contribution in [0.3, 0.4) is 0 Å². The second-order valence-electron chi connectivity index (χ2n) is 5.70. The molecule has 1 atom stereocenters. The minimum absolute atomic E-state index is 0.0643. The molecule has 1 heterocycles. The lowest BCUT2D eigenvalue weighted by Crippen LogP contribution is -2.38. The number of nitrogens with one attached hydrogen (secondary N) is 1. The highest BCUT2D eigenvalue weighted by molar-refractivity contribution is 5.89. The van der Waals surface area contributed by atoms with Gasteiger partial charge in [-0.25, -0.2) is 4.79 Å². The van der Waals surface area contributed by atoms with Crippen molar-refractivity contribution in [2.24, 2.45) is 0 Å². The smallest absolute Gasteiger partial charge is 0.322 e. The van der Waals surface area contributed by atoms with E-state index >= 15 is 0 Å². The van der Waals surface area contributed by atoms with Crippen LogP contribution in [-0.4, -0.2) is 34.2 Å². The van der Waals surface area contributed by atoms with Crippen molar-refractivity contribution < 1.29 is 9.90 Å². The van der Waals surface area contributed by atoms with E-state index in [2.05, 4.69) is 22.4 Å². The summed E-state index contributed by atoms with van der Waals surface area (Å²) in [5, 5.41) is 12.1. The quantitative estimate of drug-likeness (QED) is 0.892. The number of hydrogen-bond acceptors (Lipinski definition) is 3. The Morgan fingerprint density at radius 2 is 2.17 bits per heavy atom. The highest BCUT2D eigenvalue weighted by Gasteiger charge is 2.30. The standard InChI is InChI=1S/C18H21N3O2/c22-12-4-11-21(18(23)20-15-6-3-10-19-13-15)17-9-8-14-5-1-2-7-16(14)17/h1-3,5-7,10,13,17,22H,4,8-9,11-12H2,(H,20,23). The summed E-state index contributed by atoms with van der Waals surface area (Å²) in [5.74, 6) is 0. The number of carbonyl (C=O) groups excluding carboxylic acids is 1. The van der Waals surface area contributed by atoms with E-state index in [1.807, 2.05) is 23.1 Å². The van der Waals surface area contributed by atoms with Crippen LogP contribution in [0.4, 0.5) is 10.5 Å². The van der Waals surface area contributed by atoms with Gasteiger partial charge in [0, 0.05) is 19.3 Å². The van der Waals surface area contributed by atoms with Crippen molar-refractivity contribution in [2.45, 2.75) is 25.3 Å². The summed E-state index contributed by atoms with van der Waals surface area (Å²) in [5.41, 5.74) is 3.20. The molecule has 0 bridgehead atoms. The van der Waals surface area contributed by atoms with Gasteiger partial charge >= 0.3 is 6.03 Å². The van der Waals surface area contributed by atoms with Gasteiger partial charge in [0.1, 0.15) is 0 Å². The Kier molecular flexibility index (Phi) is 4.88. The monoisotopic (exact) mass is 311 g/mol. The van der Waals surface area contributed by atoms with Crippen molar-refractivity contribution in [3.8, 4) is 0 Å². The van der Waals surface area contributed by atoms with E-state index < -0.39 is 0 Å². The number of fused-ring (bicyclic) bond motifs is 1. The van der Waals surface area contributed by atoms with E-state index in [1.165, 1.54) is 11.1 Å². The molecule has 2 amide bonds. The summed E-state index contributed by atoms with van der Waals surface area (Å²) < 4.78 is 0. The van der Waals surface area contributed by atoms with Gasteiger partial charge in [0.05, 0.1) is 17.9 Å². The number of urea groups is 1. The van der Waals surface area contributed by atoms with Crippen LogP contribution in [0.5, 0.6) is 0 Å². The number of aromatic nitrogens is 1. The van der Waals surface area contributed by atoms with Crippen molar-refractivity contribution in [1.29, 1.82) is 0 Å². The van der Waals surface area contributed by atoms with Gasteiger partial charge in [0.2, 0.25) is 0 Å². The molecule has 0 aliphatic heterocycles. The normalized spacial score (nSPS) is 16.0. The summed E-state index contributed by atoms with van der Waals surface area (Å²) in [7, 11) is 0. The van der Waals surface area contributed by atoms with Gasteiger partial charge in [-0.2, -0.15) is 0 Å². The SMILES string of the molecule is O=C(Nc1cccnc1)N(CCCO)C1CCc2ccccc21. The number of anilines is 1. The van der Waals surface area contributed by atoms with E-state index in [9.17, 15) is 4.79 Å². The molecule has 0 saturated carbocycles. The molecule has 23 heavy (non-hydrogen) atoms. The molecular formula is C18H21N3O2. The number of nitrogens with zero attached hydrogens (tertiary/aromatic N) is 2. The van der Waals surface area contributed by atoms with Crippen LogP contribution in [0.25, 0.3) is 0 Å². The largest absolute Gasteiger partial charge is 0.396 e. The Labute approximate surface area is 136 Å². The molecule has 1 aliphatic rings. The van der Waals surface area contributed by atoms with E-state index in [0.717, 1.165) is 12.8 Å². The Hall–Kier alpha value is -2.40. The first-order valence-corrected chi connectivity index (χ1v) is 7.96. The third-order valence-electron chi connectivity index (χ3n) is 4.21. The van der Waals surface area contributed by atoms with Gasteiger partial charge in [-0.1, -0.05) is 24.3 Å². The second-order valence-corrected chi connectivity index (χ2v) is 5.70. The molecule has 2 aromatic rings. The summed E-state index contributed by atoms with van der Waals surface area (Å²) in [6, 6.07) is 11.8. The van der Waals surface area contributed by atoms with Crippen molar-refractivity contribution >= 4 is 11.7 Å². The number of aryl methyl sites for hydroxylation is 1. The molecule has 2 N–H and O–H groups in total. The number of benzene rings is 1. The van der Waals surface area contributed by atoms with E-state index in [-0.39, 0.29) is 18.7 Å². The van der Waals surface area contributed by atoms with E-state index in [1.54, 1.807) is 18.5 Å². The number of carbonyl (C=O) groups is 1. The van der Waals surface area contributed by atoms with Crippen LogP contribution in [0.1, 0.15) is 30.0 Å². The van der Waals surface area contributed by atoms with Crippen LogP contribution < -0.4 is 5.32 Å². The average Bonchev–Trinajstić information content (AvgIpc) is 3.00. The Bertz CT molecular complexity index is 660. The van der Waals surface area contributed by atoms with Gasteiger partial charge in [0.25, 0.3) is 0 Å². The van der Waals surface area contributed by atoms with Crippen molar-refractivity contribution in [2.75, 3.05) is 18.5 Å². The van der Waals surface area contributed by atoms with Crippen LogP contribution in [0.15, 0.2) is 48.8 Å². The fraction of sp³-hybridized carbons (Fsp3) is 0.333. The van der Waals surface area contributed by atoms with Gasteiger partial charge in [-0.15, -0.1) is 0 Å². The zero-order chi connectivity index (χ0) is 16.1. The predicted molar refractivity (Wildman–Crippen MR) is 89.2 cm³/mol. The summed E-state index contributed by atoms with van der Waals surface area (Å²) in [4.78, 5) is 18.6. The molecule has 120 valence electrons. The zero-order valence-corrected chi connectivity index (χ0v) is 13.0. The molecule has 0 spiro atoms. The Morgan fingerprint density at radius 1 is 1.30 bits per heavy atom. The van der Waals surface area contributed by atoms with Gasteiger partial charge in [-0.3, -0.25) is 4.98 Å². The molecular weight excluding hydrogens is 290 g/mol. The summed E-state index contributed by atoms with van der Waals surface area (Å²) >= 11 is 0. The molecule has 5 heteroatoms. The first-order valence-electron chi connectivity index (χ1n) is 7.96. The predicted octanol–water partition coefficient (Wildman–Crippen LogP) is 2.99. The van der Waals surface area contributed by atoms with Gasteiger partial charge in [0.15, 0.2) is 0 Å². The maximum absolute atomic E-state index is 12.7. The highest BCUT2D eigenvalue weighted by atomic mass is 16.3. The molecule has 1 aromatic carbocycles. The third kappa shape index (κ3) is 3.51. The molecule has 0 saturated heterocycles. The number of aliphatic hydroxyl groups is 1. The molecule has 1 aromatic heterocycles. The highest BCUT2D eigenvalue weighted by Crippen LogP contribution is 2.36. The Balaban J connectivity index is 1.79. The second kappa shape index (κ2) is 7.24. The van der Waals surface area contributed by atoms with E-state index in [4.69, 9.17) is 5.11 Å². The minimum atomic E-state index is -0.145. The maximum Gasteiger partial charge on any atom is 0.322 e. The maximum atomic E-state index is 12.7. The molecule has 0 fully saturated rings. The molecule has 1 aliphatic carbocycles. The molecule has 0 radical (unpaired) electrons. The fourth-order valence-electron chi connectivity index (χ4n) is 3.13. The van der Waals surface area contributed by atoms with Gasteiger partial charge in [-0.05, 0) is 42.5 Å². The fourth-order valence-corrected chi connectivity index (χ4v) is 3.13. The lowest BCUT2D eigenvalue weighted by Gasteiger charge is -2.30. The number of amides is 2. The first kappa shape index (κ1) is 15.5. The topological polar surface area (TPSA) is 65.5 Å². The van der Waals surface area contributed by atoms with Crippen LogP contribution in [0, 0.1) is 0 Å². The number of aliphatic hydroxyl groups excluding tert-OH is 1.